The summed E-state index contributed by atoms with van der Waals surface area (Å²) in [7, 11) is 0. The summed E-state index contributed by atoms with van der Waals surface area (Å²) in [5, 5.41) is 110. The molecule has 0 aliphatic carbocycles. The summed E-state index contributed by atoms with van der Waals surface area (Å²) in [4.78, 5) is 25.2. The van der Waals surface area contributed by atoms with Crippen LogP contribution in [0.4, 0.5) is 0 Å². The smallest absolute Gasteiger partial charge is 0.336 e. The Morgan fingerprint density at radius 3 is 1.23 bits per heavy atom. The van der Waals surface area contributed by atoms with Gasteiger partial charge in [-0.05, 0) is 27.7 Å². The Labute approximate surface area is 328 Å². The number of aliphatic hydroxyl groups is 11. The lowest BCUT2D eigenvalue weighted by molar-refractivity contribution is -0.326. The van der Waals surface area contributed by atoms with Crippen LogP contribution in [0.5, 0.6) is 0 Å². The Kier molecular flexibility index (Phi) is 19.0. The molecule has 11 N–H and O–H groups in total. The first-order valence-corrected chi connectivity index (χ1v) is 18.0. The molecule has 0 bridgehead atoms. The van der Waals surface area contributed by atoms with E-state index in [1.807, 2.05) is 6.92 Å². The summed E-state index contributed by atoms with van der Waals surface area (Å²) in [6, 6.07) is 0. The van der Waals surface area contributed by atoms with Gasteiger partial charge in [-0.2, -0.15) is 0 Å². The van der Waals surface area contributed by atoms with Gasteiger partial charge in [-0.15, -0.1) is 0 Å². The molecule has 3 rings (SSSR count). The average Bonchev–Trinajstić information content (AvgIpc) is 3.18. The molecule has 3 aliphatic heterocycles. The van der Waals surface area contributed by atoms with Crippen molar-refractivity contribution in [1.29, 1.82) is 0 Å². The van der Waals surface area contributed by atoms with E-state index in [9.17, 15) is 65.8 Å². The third-order valence-electron chi connectivity index (χ3n) is 9.12. The Morgan fingerprint density at radius 2 is 0.825 bits per heavy atom. The van der Waals surface area contributed by atoms with E-state index >= 15 is 0 Å². The number of carbonyl (C=O) groups is 2. The second-order valence-electron chi connectivity index (χ2n) is 13.7. The molecular weight excluding hydrogens is 760 g/mol. The van der Waals surface area contributed by atoms with Gasteiger partial charge < -0.3 is 84.6 Å². The molecule has 3 aliphatic rings. The van der Waals surface area contributed by atoms with Crippen LogP contribution in [-0.2, 0) is 38.0 Å². The first kappa shape index (κ1) is 47.9. The average molecular weight is 815 g/mol. The minimum atomic E-state index is -1.83. The lowest BCUT2D eigenvalue weighted by Crippen LogP contribution is -2.61. The second-order valence-corrected chi connectivity index (χ2v) is 13.7. The molecular formula is C38H54O19. The molecule has 0 saturated carbocycles. The topological polar surface area (TPSA) is 312 Å². The maximum Gasteiger partial charge on any atom is 0.336 e. The number of rotatable bonds is 15. The van der Waals surface area contributed by atoms with Gasteiger partial charge in [0, 0.05) is 11.1 Å². The van der Waals surface area contributed by atoms with Crippen molar-refractivity contribution in [2.75, 3.05) is 19.8 Å². The Hall–Kier alpha value is -3.48. The van der Waals surface area contributed by atoms with Crippen molar-refractivity contribution in [3.8, 4) is 0 Å². The lowest BCUT2D eigenvalue weighted by atomic mass is 9.98. The van der Waals surface area contributed by atoms with Crippen LogP contribution in [-0.4, -0.2) is 180 Å². The second kappa shape index (κ2) is 22.6. The van der Waals surface area contributed by atoms with Gasteiger partial charge in [-0.25, -0.2) is 9.59 Å². The van der Waals surface area contributed by atoms with Crippen LogP contribution in [0.3, 0.4) is 0 Å². The van der Waals surface area contributed by atoms with Gasteiger partial charge in [0.05, 0.1) is 19.8 Å². The van der Waals surface area contributed by atoms with Crippen LogP contribution in [0.1, 0.15) is 27.7 Å². The number of hydrogen-bond acceptors (Lipinski definition) is 19. The lowest BCUT2D eigenvalue weighted by Gasteiger charge is -2.42. The van der Waals surface area contributed by atoms with Gasteiger partial charge in [0.2, 0.25) is 12.6 Å². The number of allylic oxidation sites excluding steroid dienone is 12. The van der Waals surface area contributed by atoms with Gasteiger partial charge in [0.15, 0.2) is 6.29 Å². The van der Waals surface area contributed by atoms with Gasteiger partial charge in [0.25, 0.3) is 0 Å². The van der Waals surface area contributed by atoms with Crippen LogP contribution >= 0.6 is 0 Å². The molecule has 19 heteroatoms. The SMILES string of the molecule is CC(/C=C/C=C(\C)C(=O)O[C@@H]1O[C@H](CO)[C@@H](O)[C@H](O)[C@H]1O)=C\C=C\C=C(C)\C=C\C=C(/C)C(=O)O[C@@H]1O[C@H](CO[C@@H]2O[C@H](CO)[C@@H](O)[C@H](O)[C@H]2O)[C@@H](O)[C@@H](O)[C@H]1O. The van der Waals surface area contributed by atoms with E-state index in [2.05, 4.69) is 0 Å². The number of ether oxygens (including phenoxy) is 6. The quantitative estimate of drug-likeness (QED) is 0.0445. The Bertz CT molecular complexity index is 1550. The zero-order valence-electron chi connectivity index (χ0n) is 31.7. The largest absolute Gasteiger partial charge is 0.429 e. The van der Waals surface area contributed by atoms with Crippen LogP contribution in [0.15, 0.2) is 83.1 Å². The van der Waals surface area contributed by atoms with Crippen molar-refractivity contribution in [3.05, 3.63) is 83.1 Å². The van der Waals surface area contributed by atoms with E-state index in [-0.39, 0.29) is 11.1 Å². The Balaban J connectivity index is 1.48. The third kappa shape index (κ3) is 13.3. The van der Waals surface area contributed by atoms with Crippen molar-refractivity contribution in [2.45, 2.75) is 120 Å². The summed E-state index contributed by atoms with van der Waals surface area (Å²) in [5.41, 5.74) is 1.86. The molecule has 57 heavy (non-hydrogen) atoms. The van der Waals surface area contributed by atoms with E-state index in [1.54, 1.807) is 55.5 Å². The summed E-state index contributed by atoms with van der Waals surface area (Å²) < 4.78 is 31.6. The van der Waals surface area contributed by atoms with Crippen molar-refractivity contribution >= 4 is 11.9 Å². The van der Waals surface area contributed by atoms with E-state index in [0.717, 1.165) is 11.1 Å². The maximum atomic E-state index is 12.7. The fraction of sp³-hybridized carbons (Fsp3) is 0.579. The fourth-order valence-electron chi connectivity index (χ4n) is 5.46. The molecule has 15 atom stereocenters. The predicted molar refractivity (Wildman–Crippen MR) is 195 cm³/mol. The molecule has 0 spiro atoms. The number of carbonyl (C=O) groups excluding carboxylic acids is 2. The predicted octanol–water partition coefficient (Wildman–Crippen LogP) is -3.05. The van der Waals surface area contributed by atoms with Crippen LogP contribution in [0.25, 0.3) is 0 Å². The van der Waals surface area contributed by atoms with Crippen molar-refractivity contribution in [1.82, 2.24) is 0 Å². The first-order valence-electron chi connectivity index (χ1n) is 18.0. The highest BCUT2D eigenvalue weighted by molar-refractivity contribution is 5.88. The molecule has 0 radical (unpaired) electrons. The highest BCUT2D eigenvalue weighted by Crippen LogP contribution is 2.27. The van der Waals surface area contributed by atoms with Crippen LogP contribution in [0.2, 0.25) is 0 Å². The first-order chi connectivity index (χ1) is 26.9. The molecule has 3 fully saturated rings. The van der Waals surface area contributed by atoms with Crippen molar-refractivity contribution in [2.24, 2.45) is 0 Å². The van der Waals surface area contributed by atoms with Gasteiger partial charge in [-0.3, -0.25) is 0 Å². The molecule has 19 nitrogen and oxygen atoms in total. The molecule has 0 amide bonds. The normalized spacial score (nSPS) is 37.6. The molecule has 0 aromatic carbocycles. The summed E-state index contributed by atoms with van der Waals surface area (Å²) in [5.74, 6) is -1.75. The third-order valence-corrected chi connectivity index (χ3v) is 9.12. The van der Waals surface area contributed by atoms with Crippen LogP contribution in [0, 0.1) is 0 Å². The molecule has 320 valence electrons. The van der Waals surface area contributed by atoms with Gasteiger partial charge in [0.1, 0.15) is 73.2 Å². The zero-order valence-corrected chi connectivity index (χ0v) is 31.7. The monoisotopic (exact) mass is 814 g/mol. The maximum absolute atomic E-state index is 12.7. The fourth-order valence-corrected chi connectivity index (χ4v) is 5.46. The van der Waals surface area contributed by atoms with Gasteiger partial charge >= 0.3 is 11.9 Å². The standard InChI is InChI=1S/C38H54O19/c1-18(11-7-13-20(3)34(50)56-37-32(48)29(45)26(42)23(16-40)54-37)9-5-6-10-19(2)12-8-14-21(4)35(51)57-38-33(49)30(46)27(43)24(55-38)17-52-36-31(47)28(44)25(41)22(15-39)53-36/h5-14,22-33,36-49H,15-17H2,1-4H3/b6-5+,11-7+,12-8+,18-9+,19-10+,20-13+,21-14+/t22-,23-,24-,25-,26-,27-,28+,29+,30-,31-,32-,33-,36-,37+,38+/m1/s1. The number of esters is 2. The van der Waals surface area contributed by atoms with E-state index < -0.39 is 124 Å². The van der Waals surface area contributed by atoms with Crippen molar-refractivity contribution < 1.29 is 94.2 Å². The highest BCUT2D eigenvalue weighted by atomic mass is 16.7. The van der Waals surface area contributed by atoms with Crippen LogP contribution < -0.4 is 0 Å². The molecule has 3 heterocycles. The van der Waals surface area contributed by atoms with E-state index in [0.29, 0.717) is 0 Å². The molecule has 3 saturated heterocycles. The minimum absolute atomic E-state index is 0.0944. The number of aliphatic hydroxyl groups excluding tert-OH is 11. The van der Waals surface area contributed by atoms with Gasteiger partial charge in [-0.1, -0.05) is 71.9 Å². The zero-order chi connectivity index (χ0) is 42.6. The Morgan fingerprint density at radius 1 is 0.474 bits per heavy atom. The van der Waals surface area contributed by atoms with E-state index in [1.165, 1.54) is 26.0 Å². The van der Waals surface area contributed by atoms with E-state index in [4.69, 9.17) is 28.4 Å². The minimum Gasteiger partial charge on any atom is -0.429 e. The molecule has 0 unspecified atom stereocenters. The summed E-state index contributed by atoms with van der Waals surface area (Å²) in [6.45, 7) is 4.59. The van der Waals surface area contributed by atoms with Crippen molar-refractivity contribution in [3.63, 3.8) is 0 Å². The molecule has 0 aromatic heterocycles. The number of hydrogen-bond donors (Lipinski definition) is 11. The summed E-state index contributed by atoms with van der Waals surface area (Å²) in [6.07, 6.45) is -7.55. The highest BCUT2D eigenvalue weighted by Gasteiger charge is 2.48. The molecule has 0 aromatic rings. The summed E-state index contributed by atoms with van der Waals surface area (Å²) >= 11 is 0.